The highest BCUT2D eigenvalue weighted by molar-refractivity contribution is 6.01. The second-order valence-electron chi connectivity index (χ2n) is 2.62. The molecule has 0 saturated carbocycles. The van der Waals surface area contributed by atoms with Gasteiger partial charge in [-0.15, -0.1) is 0 Å². The standard InChI is InChI=1S/C7H10FNO2/c8-2-1-5-4-9-7(11)3-6(5)10/h5H,1-4H2,(H,9,11). The summed E-state index contributed by atoms with van der Waals surface area (Å²) in [5.74, 6) is -0.672. The number of ketones is 1. The summed E-state index contributed by atoms with van der Waals surface area (Å²) in [5.41, 5.74) is 0. The summed E-state index contributed by atoms with van der Waals surface area (Å²) >= 11 is 0. The van der Waals surface area contributed by atoms with E-state index in [1.165, 1.54) is 0 Å². The summed E-state index contributed by atoms with van der Waals surface area (Å²) < 4.78 is 11.8. The molecule has 0 aliphatic carbocycles. The Bertz CT molecular complexity index is 181. The molecule has 3 nitrogen and oxygen atoms in total. The van der Waals surface area contributed by atoms with Gasteiger partial charge >= 0.3 is 0 Å². The van der Waals surface area contributed by atoms with Gasteiger partial charge in [-0.05, 0) is 6.42 Å². The third-order valence-electron chi connectivity index (χ3n) is 1.79. The van der Waals surface area contributed by atoms with Gasteiger partial charge in [-0.25, -0.2) is 0 Å². The second kappa shape index (κ2) is 3.46. The number of amides is 1. The van der Waals surface area contributed by atoms with Crippen LogP contribution in [-0.2, 0) is 9.59 Å². The molecule has 0 aromatic heterocycles. The van der Waals surface area contributed by atoms with Crippen LogP contribution in [0.15, 0.2) is 0 Å². The maximum Gasteiger partial charge on any atom is 0.227 e. The number of halogens is 1. The van der Waals surface area contributed by atoms with Gasteiger partial charge in [0.1, 0.15) is 5.78 Å². The van der Waals surface area contributed by atoms with Crippen LogP contribution in [0.1, 0.15) is 12.8 Å². The van der Waals surface area contributed by atoms with Gasteiger partial charge in [-0.1, -0.05) is 0 Å². The zero-order chi connectivity index (χ0) is 8.27. The maximum atomic E-state index is 11.8. The van der Waals surface area contributed by atoms with Crippen molar-refractivity contribution in [3.05, 3.63) is 0 Å². The molecule has 1 unspecified atom stereocenters. The lowest BCUT2D eigenvalue weighted by Gasteiger charge is -2.19. The van der Waals surface area contributed by atoms with E-state index in [1.807, 2.05) is 0 Å². The lowest BCUT2D eigenvalue weighted by molar-refractivity contribution is -0.133. The number of alkyl halides is 1. The number of carbonyl (C=O) groups is 2. The maximum absolute atomic E-state index is 11.8. The molecule has 1 heterocycles. The minimum Gasteiger partial charge on any atom is -0.355 e. The van der Waals surface area contributed by atoms with E-state index in [0.717, 1.165) is 0 Å². The molecule has 1 aliphatic heterocycles. The minimum atomic E-state index is -0.494. The summed E-state index contributed by atoms with van der Waals surface area (Å²) in [6, 6.07) is 0. The van der Waals surface area contributed by atoms with Crippen molar-refractivity contribution >= 4 is 11.7 Å². The Morgan fingerprint density at radius 1 is 1.55 bits per heavy atom. The van der Waals surface area contributed by atoms with Crippen LogP contribution < -0.4 is 5.32 Å². The number of carbonyl (C=O) groups excluding carboxylic acids is 2. The predicted octanol–water partition coefficient (Wildman–Crippen LogP) is 0.0512. The molecule has 1 N–H and O–H groups in total. The van der Waals surface area contributed by atoms with Crippen LogP contribution in [0.5, 0.6) is 0 Å². The van der Waals surface area contributed by atoms with Crippen LogP contribution in [-0.4, -0.2) is 24.9 Å². The fourth-order valence-corrected chi connectivity index (χ4v) is 1.11. The van der Waals surface area contributed by atoms with Crippen LogP contribution in [0.2, 0.25) is 0 Å². The van der Waals surface area contributed by atoms with Gasteiger partial charge in [0.25, 0.3) is 0 Å². The molecular formula is C7H10FNO2. The van der Waals surface area contributed by atoms with Crippen molar-refractivity contribution < 1.29 is 14.0 Å². The van der Waals surface area contributed by atoms with E-state index in [1.54, 1.807) is 0 Å². The van der Waals surface area contributed by atoms with E-state index in [9.17, 15) is 14.0 Å². The van der Waals surface area contributed by atoms with Crippen molar-refractivity contribution in [3.8, 4) is 0 Å². The van der Waals surface area contributed by atoms with Crippen molar-refractivity contribution in [2.24, 2.45) is 5.92 Å². The minimum absolute atomic E-state index is 0.0787. The number of piperidine rings is 1. The highest BCUT2D eigenvalue weighted by Gasteiger charge is 2.25. The Balaban J connectivity index is 2.44. The molecule has 11 heavy (non-hydrogen) atoms. The zero-order valence-electron chi connectivity index (χ0n) is 6.10. The first-order chi connectivity index (χ1) is 5.24. The van der Waals surface area contributed by atoms with Crippen LogP contribution in [0.25, 0.3) is 0 Å². The number of rotatable bonds is 2. The van der Waals surface area contributed by atoms with Gasteiger partial charge < -0.3 is 5.32 Å². The van der Waals surface area contributed by atoms with Gasteiger partial charge in [0.05, 0.1) is 13.1 Å². The largest absolute Gasteiger partial charge is 0.355 e. The van der Waals surface area contributed by atoms with Gasteiger partial charge in [0.2, 0.25) is 5.91 Å². The summed E-state index contributed by atoms with van der Waals surface area (Å²) in [6.45, 7) is -0.187. The molecule has 0 radical (unpaired) electrons. The van der Waals surface area contributed by atoms with Crippen molar-refractivity contribution in [1.29, 1.82) is 0 Å². The average molecular weight is 159 g/mol. The van der Waals surface area contributed by atoms with E-state index in [4.69, 9.17) is 0 Å². The van der Waals surface area contributed by atoms with Crippen LogP contribution in [0.3, 0.4) is 0 Å². The summed E-state index contributed by atoms with van der Waals surface area (Å²) in [4.78, 5) is 21.6. The SMILES string of the molecule is O=C1CC(=O)C(CCF)CN1. The molecule has 0 spiro atoms. The van der Waals surface area contributed by atoms with Crippen LogP contribution in [0.4, 0.5) is 4.39 Å². The topological polar surface area (TPSA) is 46.2 Å². The summed E-state index contributed by atoms with van der Waals surface area (Å²) in [6.07, 6.45) is 0.157. The summed E-state index contributed by atoms with van der Waals surface area (Å²) in [5, 5.41) is 2.52. The number of hydrogen-bond donors (Lipinski definition) is 1. The highest BCUT2D eigenvalue weighted by Crippen LogP contribution is 2.10. The second-order valence-corrected chi connectivity index (χ2v) is 2.62. The van der Waals surface area contributed by atoms with E-state index in [2.05, 4.69) is 5.32 Å². The molecule has 1 aliphatic rings. The lowest BCUT2D eigenvalue weighted by Crippen LogP contribution is -2.41. The monoisotopic (exact) mass is 159 g/mol. The molecule has 4 heteroatoms. The first-order valence-corrected chi connectivity index (χ1v) is 3.59. The number of hydrogen-bond acceptors (Lipinski definition) is 2. The van der Waals surface area contributed by atoms with Crippen LogP contribution >= 0.6 is 0 Å². The molecule has 1 rings (SSSR count). The molecule has 1 fully saturated rings. The third-order valence-corrected chi connectivity index (χ3v) is 1.79. The molecule has 0 aromatic carbocycles. The molecule has 0 aromatic rings. The molecular weight excluding hydrogens is 149 g/mol. The van der Waals surface area contributed by atoms with E-state index < -0.39 is 6.67 Å². The molecule has 62 valence electrons. The Labute approximate surface area is 64.0 Å². The van der Waals surface area contributed by atoms with E-state index in [0.29, 0.717) is 6.54 Å². The van der Waals surface area contributed by atoms with Gasteiger partial charge in [-0.2, -0.15) is 0 Å². The predicted molar refractivity (Wildman–Crippen MR) is 36.7 cm³/mol. The first-order valence-electron chi connectivity index (χ1n) is 3.59. The average Bonchev–Trinajstić information content (AvgIpc) is 1.95. The van der Waals surface area contributed by atoms with Crippen molar-refractivity contribution in [1.82, 2.24) is 5.32 Å². The Hall–Kier alpha value is -0.930. The summed E-state index contributed by atoms with van der Waals surface area (Å²) in [7, 11) is 0. The Morgan fingerprint density at radius 2 is 2.27 bits per heavy atom. The number of nitrogens with one attached hydrogen (secondary N) is 1. The third kappa shape index (κ3) is 2.00. The van der Waals surface area contributed by atoms with Crippen molar-refractivity contribution in [2.75, 3.05) is 13.2 Å². The highest BCUT2D eigenvalue weighted by atomic mass is 19.1. The van der Waals surface area contributed by atoms with Crippen LogP contribution in [0, 0.1) is 5.92 Å². The normalized spacial score (nSPS) is 25.0. The zero-order valence-corrected chi connectivity index (χ0v) is 6.10. The molecule has 1 amide bonds. The van der Waals surface area contributed by atoms with E-state index >= 15 is 0 Å². The quantitative estimate of drug-likeness (QED) is 0.579. The number of Topliss-reactive ketones (excluding diaryl/α,β-unsaturated/α-hetero) is 1. The lowest BCUT2D eigenvalue weighted by atomic mass is 9.95. The van der Waals surface area contributed by atoms with Gasteiger partial charge in [0.15, 0.2) is 0 Å². The molecule has 1 saturated heterocycles. The van der Waals surface area contributed by atoms with Crippen molar-refractivity contribution in [3.63, 3.8) is 0 Å². The molecule has 0 bridgehead atoms. The fraction of sp³-hybridized carbons (Fsp3) is 0.714. The Kier molecular flexibility index (Phi) is 2.57. The van der Waals surface area contributed by atoms with Gasteiger partial charge in [0, 0.05) is 12.5 Å². The van der Waals surface area contributed by atoms with Crippen molar-refractivity contribution in [2.45, 2.75) is 12.8 Å². The Morgan fingerprint density at radius 3 is 2.82 bits per heavy atom. The molecule has 1 atom stereocenters. The van der Waals surface area contributed by atoms with E-state index in [-0.39, 0.29) is 30.4 Å². The smallest absolute Gasteiger partial charge is 0.227 e. The van der Waals surface area contributed by atoms with Gasteiger partial charge in [-0.3, -0.25) is 14.0 Å². The first kappa shape index (κ1) is 8.17. The fourth-order valence-electron chi connectivity index (χ4n) is 1.11.